The molecule has 0 amide bonds. The van der Waals surface area contributed by atoms with Crippen LogP contribution in [0.4, 0.5) is 5.82 Å². The molecule has 4 nitrogen and oxygen atoms in total. The van der Waals surface area contributed by atoms with Gasteiger partial charge in [0.05, 0.1) is 16.8 Å². The number of hydrogen-bond acceptors (Lipinski definition) is 4. The van der Waals surface area contributed by atoms with E-state index in [1.54, 1.807) is 0 Å². The summed E-state index contributed by atoms with van der Waals surface area (Å²) in [5, 5.41) is 3.10. The molecular weight excluding hydrogens is 330 g/mol. The molecular formula is C16H20BrN3O. The van der Waals surface area contributed by atoms with Gasteiger partial charge in [-0.05, 0) is 40.9 Å². The summed E-state index contributed by atoms with van der Waals surface area (Å²) in [4.78, 5) is 9.20. The van der Waals surface area contributed by atoms with E-state index in [0.29, 0.717) is 12.4 Å². The SMILES string of the molecule is CCCOc1cccc(-c2nc(CC)c(Br)c(NC)n2)c1. The first-order valence-electron chi connectivity index (χ1n) is 7.17. The number of halogens is 1. The predicted octanol–water partition coefficient (Wildman–Crippen LogP) is 4.30. The van der Waals surface area contributed by atoms with Crippen LogP contribution in [0.1, 0.15) is 26.0 Å². The minimum Gasteiger partial charge on any atom is -0.494 e. The summed E-state index contributed by atoms with van der Waals surface area (Å²) < 4.78 is 6.60. The molecule has 2 aromatic rings. The van der Waals surface area contributed by atoms with Crippen LogP contribution in [0, 0.1) is 0 Å². The Balaban J connectivity index is 2.41. The zero-order valence-corrected chi connectivity index (χ0v) is 14.2. The van der Waals surface area contributed by atoms with E-state index in [4.69, 9.17) is 4.74 Å². The molecule has 0 saturated carbocycles. The molecule has 0 fully saturated rings. The van der Waals surface area contributed by atoms with Gasteiger partial charge in [-0.15, -0.1) is 0 Å². The molecule has 0 atom stereocenters. The number of hydrogen-bond donors (Lipinski definition) is 1. The first-order valence-corrected chi connectivity index (χ1v) is 7.96. The molecule has 1 heterocycles. The molecule has 112 valence electrons. The summed E-state index contributed by atoms with van der Waals surface area (Å²) in [5.74, 6) is 2.36. The van der Waals surface area contributed by atoms with Gasteiger partial charge in [-0.1, -0.05) is 26.0 Å². The van der Waals surface area contributed by atoms with Crippen LogP contribution in [0.5, 0.6) is 5.75 Å². The smallest absolute Gasteiger partial charge is 0.161 e. The van der Waals surface area contributed by atoms with Crippen molar-refractivity contribution in [1.82, 2.24) is 9.97 Å². The molecule has 0 radical (unpaired) electrons. The van der Waals surface area contributed by atoms with Crippen LogP contribution in [-0.2, 0) is 6.42 Å². The monoisotopic (exact) mass is 349 g/mol. The Bertz CT molecular complexity index is 591. The maximum atomic E-state index is 5.67. The van der Waals surface area contributed by atoms with Crippen molar-refractivity contribution in [2.75, 3.05) is 19.0 Å². The largest absolute Gasteiger partial charge is 0.494 e. The molecule has 0 aliphatic heterocycles. The third-order valence-electron chi connectivity index (χ3n) is 3.06. The molecule has 0 bridgehead atoms. The maximum Gasteiger partial charge on any atom is 0.161 e. The van der Waals surface area contributed by atoms with Gasteiger partial charge in [-0.25, -0.2) is 9.97 Å². The second-order valence-corrected chi connectivity index (χ2v) is 5.43. The summed E-state index contributed by atoms with van der Waals surface area (Å²) in [6.45, 7) is 4.89. The van der Waals surface area contributed by atoms with Gasteiger partial charge >= 0.3 is 0 Å². The lowest BCUT2D eigenvalue weighted by Crippen LogP contribution is -2.03. The highest BCUT2D eigenvalue weighted by molar-refractivity contribution is 9.10. The van der Waals surface area contributed by atoms with Gasteiger partial charge in [-0.3, -0.25) is 0 Å². The normalized spacial score (nSPS) is 10.5. The van der Waals surface area contributed by atoms with Crippen molar-refractivity contribution in [3.05, 3.63) is 34.4 Å². The van der Waals surface area contributed by atoms with Crippen LogP contribution >= 0.6 is 15.9 Å². The van der Waals surface area contributed by atoms with Gasteiger partial charge in [0, 0.05) is 12.6 Å². The third kappa shape index (κ3) is 3.73. The van der Waals surface area contributed by atoms with Crippen LogP contribution in [0.3, 0.4) is 0 Å². The van der Waals surface area contributed by atoms with E-state index in [9.17, 15) is 0 Å². The zero-order chi connectivity index (χ0) is 15.2. The van der Waals surface area contributed by atoms with E-state index in [1.807, 2.05) is 31.3 Å². The Labute approximate surface area is 134 Å². The van der Waals surface area contributed by atoms with Gasteiger partial charge in [0.15, 0.2) is 5.82 Å². The van der Waals surface area contributed by atoms with Crippen LogP contribution in [-0.4, -0.2) is 23.6 Å². The van der Waals surface area contributed by atoms with E-state index in [2.05, 4.69) is 45.1 Å². The number of benzene rings is 1. The maximum absolute atomic E-state index is 5.67. The number of aryl methyl sites for hydroxylation is 1. The highest BCUT2D eigenvalue weighted by Gasteiger charge is 2.12. The second kappa shape index (κ2) is 7.41. The fraction of sp³-hybridized carbons (Fsp3) is 0.375. The van der Waals surface area contributed by atoms with Gasteiger partial charge in [0.25, 0.3) is 0 Å². The van der Waals surface area contributed by atoms with Crippen molar-refractivity contribution in [2.45, 2.75) is 26.7 Å². The summed E-state index contributed by atoms with van der Waals surface area (Å²) >= 11 is 3.54. The molecule has 1 aromatic heterocycles. The highest BCUT2D eigenvalue weighted by Crippen LogP contribution is 2.28. The van der Waals surface area contributed by atoms with Crippen molar-refractivity contribution in [2.24, 2.45) is 0 Å². The van der Waals surface area contributed by atoms with Gasteiger partial charge in [0.2, 0.25) is 0 Å². The van der Waals surface area contributed by atoms with Gasteiger partial charge in [-0.2, -0.15) is 0 Å². The molecule has 0 aliphatic carbocycles. The third-order valence-corrected chi connectivity index (χ3v) is 3.89. The average Bonchev–Trinajstić information content (AvgIpc) is 2.53. The molecule has 21 heavy (non-hydrogen) atoms. The van der Waals surface area contributed by atoms with E-state index < -0.39 is 0 Å². The Morgan fingerprint density at radius 3 is 2.71 bits per heavy atom. The van der Waals surface area contributed by atoms with Crippen LogP contribution < -0.4 is 10.1 Å². The standard InChI is InChI=1S/C16H20BrN3O/c1-4-9-21-12-8-6-7-11(10-12)15-19-13(5-2)14(17)16(18-3)20-15/h6-8,10H,4-5,9H2,1-3H3,(H,18,19,20). The Hall–Kier alpha value is -1.62. The summed E-state index contributed by atoms with van der Waals surface area (Å²) in [6, 6.07) is 7.91. The van der Waals surface area contributed by atoms with E-state index in [1.165, 1.54) is 0 Å². The van der Waals surface area contributed by atoms with Crippen molar-refractivity contribution >= 4 is 21.7 Å². The first kappa shape index (κ1) is 15.8. The Morgan fingerprint density at radius 1 is 1.24 bits per heavy atom. The topological polar surface area (TPSA) is 47.0 Å². The molecule has 2 rings (SSSR count). The van der Waals surface area contributed by atoms with Crippen LogP contribution in [0.25, 0.3) is 11.4 Å². The fourth-order valence-electron chi connectivity index (χ4n) is 1.97. The Morgan fingerprint density at radius 2 is 2.05 bits per heavy atom. The van der Waals surface area contributed by atoms with E-state index >= 15 is 0 Å². The molecule has 0 unspecified atom stereocenters. The van der Waals surface area contributed by atoms with E-state index in [0.717, 1.165) is 40.1 Å². The second-order valence-electron chi connectivity index (χ2n) is 4.64. The number of anilines is 1. The minimum absolute atomic E-state index is 0.710. The molecule has 1 aromatic carbocycles. The molecule has 0 saturated heterocycles. The molecule has 0 aliphatic rings. The Kier molecular flexibility index (Phi) is 5.56. The number of aromatic nitrogens is 2. The lowest BCUT2D eigenvalue weighted by Gasteiger charge is -2.11. The van der Waals surface area contributed by atoms with Crippen molar-refractivity contribution in [3.63, 3.8) is 0 Å². The lowest BCUT2D eigenvalue weighted by atomic mass is 10.2. The lowest BCUT2D eigenvalue weighted by molar-refractivity contribution is 0.317. The predicted molar refractivity (Wildman–Crippen MR) is 89.9 cm³/mol. The van der Waals surface area contributed by atoms with Gasteiger partial charge < -0.3 is 10.1 Å². The highest BCUT2D eigenvalue weighted by atomic mass is 79.9. The molecule has 1 N–H and O–H groups in total. The van der Waals surface area contributed by atoms with Crippen molar-refractivity contribution in [3.8, 4) is 17.1 Å². The summed E-state index contributed by atoms with van der Waals surface area (Å²) in [6.07, 6.45) is 1.83. The quantitative estimate of drug-likeness (QED) is 0.844. The van der Waals surface area contributed by atoms with Crippen LogP contribution in [0.2, 0.25) is 0 Å². The number of nitrogens with zero attached hydrogens (tertiary/aromatic N) is 2. The zero-order valence-electron chi connectivity index (χ0n) is 12.6. The minimum atomic E-state index is 0.710. The number of nitrogens with one attached hydrogen (secondary N) is 1. The van der Waals surface area contributed by atoms with Gasteiger partial charge in [0.1, 0.15) is 11.6 Å². The summed E-state index contributed by atoms with van der Waals surface area (Å²) in [7, 11) is 1.86. The fourth-order valence-corrected chi connectivity index (χ4v) is 2.62. The number of rotatable bonds is 6. The molecule has 5 heteroatoms. The number of ether oxygens (including phenoxy) is 1. The van der Waals surface area contributed by atoms with Crippen molar-refractivity contribution in [1.29, 1.82) is 0 Å². The van der Waals surface area contributed by atoms with E-state index in [-0.39, 0.29) is 0 Å². The van der Waals surface area contributed by atoms with Crippen LogP contribution in [0.15, 0.2) is 28.7 Å². The first-order chi connectivity index (χ1) is 10.2. The summed E-state index contributed by atoms with van der Waals surface area (Å²) in [5.41, 5.74) is 1.95. The molecule has 0 spiro atoms. The average molecular weight is 350 g/mol. The van der Waals surface area contributed by atoms with Crippen molar-refractivity contribution < 1.29 is 4.74 Å².